The molecular formula is C9H10Cl3NS. The number of benzene rings is 1. The van der Waals surface area contributed by atoms with Crippen molar-refractivity contribution in [1.29, 1.82) is 0 Å². The molecule has 0 saturated carbocycles. The molecule has 5 heteroatoms. The molecule has 0 aromatic heterocycles. The van der Waals surface area contributed by atoms with Gasteiger partial charge in [-0.05, 0) is 12.1 Å². The largest absolute Gasteiger partial charge is 0.314 e. The van der Waals surface area contributed by atoms with E-state index in [1.165, 1.54) is 0 Å². The van der Waals surface area contributed by atoms with E-state index < -0.39 is 0 Å². The molecule has 1 aromatic carbocycles. The average molecular weight is 271 g/mol. The van der Waals surface area contributed by atoms with Crippen LogP contribution in [0, 0.1) is 0 Å². The highest BCUT2D eigenvalue weighted by molar-refractivity contribution is 8.00. The highest BCUT2D eigenvalue weighted by atomic mass is 35.5. The number of rotatable bonds is 2. The van der Waals surface area contributed by atoms with Gasteiger partial charge in [-0.2, -0.15) is 0 Å². The minimum absolute atomic E-state index is 0. The summed E-state index contributed by atoms with van der Waals surface area (Å²) in [5.41, 5.74) is 0. The van der Waals surface area contributed by atoms with Gasteiger partial charge in [0.05, 0.1) is 10.0 Å². The van der Waals surface area contributed by atoms with Crippen LogP contribution in [0.2, 0.25) is 10.0 Å². The zero-order valence-corrected chi connectivity index (χ0v) is 10.4. The van der Waals surface area contributed by atoms with Gasteiger partial charge in [-0.3, -0.25) is 0 Å². The van der Waals surface area contributed by atoms with E-state index in [0.717, 1.165) is 28.0 Å². The molecule has 2 rings (SSSR count). The van der Waals surface area contributed by atoms with Crippen LogP contribution < -0.4 is 5.32 Å². The Hall–Kier alpha value is 0.400. The average Bonchev–Trinajstić information content (AvgIpc) is 2.00. The molecule has 0 unspecified atom stereocenters. The van der Waals surface area contributed by atoms with Crippen LogP contribution in [0.1, 0.15) is 0 Å². The summed E-state index contributed by atoms with van der Waals surface area (Å²) in [5, 5.41) is 5.34. The molecule has 1 aromatic rings. The summed E-state index contributed by atoms with van der Waals surface area (Å²) >= 11 is 13.8. The number of hydrogen-bond donors (Lipinski definition) is 1. The lowest BCUT2D eigenvalue weighted by Gasteiger charge is -2.26. The summed E-state index contributed by atoms with van der Waals surface area (Å²) in [6.07, 6.45) is 0. The highest BCUT2D eigenvalue weighted by Gasteiger charge is 2.20. The van der Waals surface area contributed by atoms with Crippen LogP contribution >= 0.6 is 47.4 Å². The third-order valence-electron chi connectivity index (χ3n) is 1.95. The number of thioether (sulfide) groups is 1. The number of hydrogen-bond acceptors (Lipinski definition) is 2. The fourth-order valence-corrected chi connectivity index (χ4v) is 2.87. The van der Waals surface area contributed by atoms with Gasteiger partial charge in [-0.25, -0.2) is 0 Å². The molecule has 1 saturated heterocycles. The first-order valence-electron chi connectivity index (χ1n) is 4.09. The predicted molar refractivity (Wildman–Crippen MR) is 66.2 cm³/mol. The van der Waals surface area contributed by atoms with Crippen LogP contribution in [0.25, 0.3) is 0 Å². The SMILES string of the molecule is Cl.Clc1cccc(Cl)c1SC1CNC1. The van der Waals surface area contributed by atoms with Gasteiger partial charge in [0.2, 0.25) is 0 Å². The Morgan fingerprint density at radius 3 is 2.21 bits per heavy atom. The second-order valence-corrected chi connectivity index (χ2v) is 5.07. The van der Waals surface area contributed by atoms with Gasteiger partial charge in [0, 0.05) is 23.2 Å². The Labute approximate surface area is 104 Å². The molecule has 1 aliphatic heterocycles. The molecule has 0 atom stereocenters. The summed E-state index contributed by atoms with van der Waals surface area (Å²) in [6.45, 7) is 2.10. The van der Waals surface area contributed by atoms with E-state index in [4.69, 9.17) is 23.2 Å². The minimum Gasteiger partial charge on any atom is -0.314 e. The monoisotopic (exact) mass is 269 g/mol. The quantitative estimate of drug-likeness (QED) is 0.883. The van der Waals surface area contributed by atoms with E-state index in [2.05, 4.69) is 5.32 Å². The van der Waals surface area contributed by atoms with Crippen LogP contribution in [-0.4, -0.2) is 18.3 Å². The highest BCUT2D eigenvalue weighted by Crippen LogP contribution is 2.37. The molecular weight excluding hydrogens is 261 g/mol. The van der Waals surface area contributed by atoms with Gasteiger partial charge >= 0.3 is 0 Å². The zero-order chi connectivity index (χ0) is 9.26. The summed E-state index contributed by atoms with van der Waals surface area (Å²) in [4.78, 5) is 1.01. The summed E-state index contributed by atoms with van der Waals surface area (Å²) < 4.78 is 0. The molecule has 0 radical (unpaired) electrons. The van der Waals surface area contributed by atoms with E-state index >= 15 is 0 Å². The zero-order valence-electron chi connectivity index (χ0n) is 7.30. The second kappa shape index (κ2) is 5.47. The Balaban J connectivity index is 0.000000980. The molecule has 78 valence electrons. The van der Waals surface area contributed by atoms with Crippen LogP contribution in [0.3, 0.4) is 0 Å². The van der Waals surface area contributed by atoms with Crippen molar-refractivity contribution in [1.82, 2.24) is 5.32 Å². The van der Waals surface area contributed by atoms with E-state index in [9.17, 15) is 0 Å². The first-order valence-corrected chi connectivity index (χ1v) is 5.72. The number of halogens is 3. The van der Waals surface area contributed by atoms with Gasteiger partial charge < -0.3 is 5.32 Å². The van der Waals surface area contributed by atoms with Gasteiger partial charge in [-0.15, -0.1) is 24.2 Å². The molecule has 0 amide bonds. The maximum absolute atomic E-state index is 6.03. The van der Waals surface area contributed by atoms with Crippen LogP contribution in [0.15, 0.2) is 23.1 Å². The smallest absolute Gasteiger partial charge is 0.0557 e. The lowest BCUT2D eigenvalue weighted by atomic mass is 10.3. The van der Waals surface area contributed by atoms with Crippen molar-refractivity contribution in [3.8, 4) is 0 Å². The van der Waals surface area contributed by atoms with Crippen LogP contribution in [-0.2, 0) is 0 Å². The Morgan fingerprint density at radius 2 is 1.79 bits per heavy atom. The first kappa shape index (κ1) is 12.5. The van der Waals surface area contributed by atoms with Crippen molar-refractivity contribution in [3.05, 3.63) is 28.2 Å². The van der Waals surface area contributed by atoms with Gasteiger partial charge in [-0.1, -0.05) is 29.3 Å². The molecule has 0 aliphatic carbocycles. The summed E-state index contributed by atoms with van der Waals surface area (Å²) in [5.74, 6) is 0. The maximum atomic E-state index is 6.03. The fraction of sp³-hybridized carbons (Fsp3) is 0.333. The topological polar surface area (TPSA) is 12.0 Å². The van der Waals surface area contributed by atoms with Crippen molar-refractivity contribution in [2.24, 2.45) is 0 Å². The van der Waals surface area contributed by atoms with Crippen molar-refractivity contribution < 1.29 is 0 Å². The Bertz CT molecular complexity index is 295. The Morgan fingerprint density at radius 1 is 1.21 bits per heavy atom. The number of nitrogens with one attached hydrogen (secondary N) is 1. The van der Waals surface area contributed by atoms with Crippen LogP contribution in [0.4, 0.5) is 0 Å². The lowest BCUT2D eigenvalue weighted by molar-refractivity contribution is 0.544. The second-order valence-electron chi connectivity index (χ2n) is 2.95. The molecule has 1 heterocycles. The minimum atomic E-state index is 0. The molecule has 1 fully saturated rings. The van der Waals surface area contributed by atoms with Gasteiger partial charge in [0.25, 0.3) is 0 Å². The van der Waals surface area contributed by atoms with Gasteiger partial charge in [0.1, 0.15) is 0 Å². The lowest BCUT2D eigenvalue weighted by Crippen LogP contribution is -2.44. The molecule has 0 bridgehead atoms. The summed E-state index contributed by atoms with van der Waals surface area (Å²) in [6, 6.07) is 5.62. The van der Waals surface area contributed by atoms with Crippen molar-refractivity contribution >= 4 is 47.4 Å². The van der Waals surface area contributed by atoms with Crippen LogP contribution in [0.5, 0.6) is 0 Å². The first-order chi connectivity index (χ1) is 6.27. The van der Waals surface area contributed by atoms with E-state index in [1.54, 1.807) is 11.8 Å². The third-order valence-corrected chi connectivity index (χ3v) is 4.14. The van der Waals surface area contributed by atoms with E-state index in [0.29, 0.717) is 5.25 Å². The van der Waals surface area contributed by atoms with E-state index in [1.807, 2.05) is 18.2 Å². The molecule has 1 nitrogen and oxygen atoms in total. The van der Waals surface area contributed by atoms with Crippen molar-refractivity contribution in [2.75, 3.05) is 13.1 Å². The van der Waals surface area contributed by atoms with Crippen molar-refractivity contribution in [2.45, 2.75) is 10.1 Å². The summed E-state index contributed by atoms with van der Waals surface area (Å²) in [7, 11) is 0. The molecule has 1 aliphatic rings. The molecule has 14 heavy (non-hydrogen) atoms. The fourth-order valence-electron chi connectivity index (χ4n) is 1.11. The van der Waals surface area contributed by atoms with Crippen molar-refractivity contribution in [3.63, 3.8) is 0 Å². The normalized spacial score (nSPS) is 15.9. The van der Waals surface area contributed by atoms with E-state index in [-0.39, 0.29) is 12.4 Å². The predicted octanol–water partition coefficient (Wildman–Crippen LogP) is 3.48. The molecule has 1 N–H and O–H groups in total. The standard InChI is InChI=1S/C9H9Cl2NS.ClH/c10-7-2-1-3-8(11)9(7)13-6-4-12-5-6;/h1-3,6,12H,4-5H2;1H. The third kappa shape index (κ3) is 2.71. The van der Waals surface area contributed by atoms with Gasteiger partial charge in [0.15, 0.2) is 0 Å². The maximum Gasteiger partial charge on any atom is 0.0557 e. The Kier molecular flexibility index (Phi) is 4.88. The molecule has 0 spiro atoms.